The van der Waals surface area contributed by atoms with Crippen LogP contribution in [0.1, 0.15) is 31.4 Å². The minimum atomic E-state index is -0.877. The van der Waals surface area contributed by atoms with E-state index in [1.165, 1.54) is 11.3 Å². The molecule has 0 saturated carbocycles. The molecule has 4 nitrogen and oxygen atoms in total. The number of carbonyl (C=O) groups excluding carboxylic acids is 1. The molecule has 102 valence electrons. The first-order valence-electron chi connectivity index (χ1n) is 6.16. The van der Waals surface area contributed by atoms with Crippen LogP contribution in [0.25, 0.3) is 10.1 Å². The second-order valence-electron chi connectivity index (χ2n) is 4.28. The first-order chi connectivity index (χ1) is 9.15. The quantitative estimate of drug-likeness (QED) is 0.826. The van der Waals surface area contributed by atoms with E-state index in [0.717, 1.165) is 16.5 Å². The van der Waals surface area contributed by atoms with E-state index in [-0.39, 0.29) is 12.6 Å². The molecule has 0 aliphatic rings. The smallest absolute Gasteiger partial charge is 0.311 e. The summed E-state index contributed by atoms with van der Waals surface area (Å²) in [5.74, 6) is 0.324. The molecule has 2 aromatic rings. The number of rotatable bonds is 5. The number of carbonyl (C=O) groups is 1. The van der Waals surface area contributed by atoms with Crippen molar-refractivity contribution in [2.24, 2.45) is 0 Å². The molecule has 1 aromatic heterocycles. The number of hydrogen-bond donors (Lipinski definition) is 2. The Morgan fingerprint density at radius 3 is 2.95 bits per heavy atom. The third-order valence-corrected chi connectivity index (χ3v) is 3.72. The first-order valence-corrected chi connectivity index (χ1v) is 7.04. The summed E-state index contributed by atoms with van der Waals surface area (Å²) in [4.78, 5) is 11.5. The first kappa shape index (κ1) is 14.0. The van der Waals surface area contributed by atoms with Crippen LogP contribution < -0.4 is 4.74 Å². The lowest BCUT2D eigenvalue weighted by Crippen LogP contribution is -2.06. The highest BCUT2D eigenvalue weighted by Gasteiger charge is 2.12. The second kappa shape index (κ2) is 6.14. The standard InChI is InChI=1S/C14H16O4S/c1-2-3-14(17)18-12-8-19-13-6-9(11(16)7-15)4-5-10(12)13/h4-6,8,11,15-16H,2-3,7H2,1H3. The molecule has 2 rings (SSSR count). The summed E-state index contributed by atoms with van der Waals surface area (Å²) >= 11 is 1.45. The molecule has 1 unspecified atom stereocenters. The molecule has 0 amide bonds. The van der Waals surface area contributed by atoms with Gasteiger partial charge in [0.1, 0.15) is 11.9 Å². The van der Waals surface area contributed by atoms with Gasteiger partial charge in [-0.2, -0.15) is 0 Å². The van der Waals surface area contributed by atoms with E-state index in [0.29, 0.717) is 17.7 Å². The monoisotopic (exact) mass is 280 g/mol. The number of esters is 1. The number of benzene rings is 1. The van der Waals surface area contributed by atoms with E-state index in [1.807, 2.05) is 6.92 Å². The highest BCUT2D eigenvalue weighted by atomic mass is 32.1. The van der Waals surface area contributed by atoms with Crippen molar-refractivity contribution in [2.75, 3.05) is 6.61 Å². The molecule has 1 atom stereocenters. The number of ether oxygens (including phenoxy) is 1. The van der Waals surface area contributed by atoms with Crippen molar-refractivity contribution in [3.8, 4) is 5.75 Å². The van der Waals surface area contributed by atoms with Crippen LogP contribution in [0.2, 0.25) is 0 Å². The van der Waals surface area contributed by atoms with Crippen molar-refractivity contribution >= 4 is 27.4 Å². The summed E-state index contributed by atoms with van der Waals surface area (Å²) in [7, 11) is 0. The minimum Gasteiger partial charge on any atom is -0.425 e. The number of aliphatic hydroxyl groups excluding tert-OH is 2. The number of fused-ring (bicyclic) bond motifs is 1. The fourth-order valence-electron chi connectivity index (χ4n) is 1.79. The maximum atomic E-state index is 11.5. The van der Waals surface area contributed by atoms with Crippen LogP contribution in [0.3, 0.4) is 0 Å². The molecule has 0 spiro atoms. The van der Waals surface area contributed by atoms with E-state index in [1.54, 1.807) is 23.6 Å². The van der Waals surface area contributed by atoms with Crippen molar-refractivity contribution in [1.82, 2.24) is 0 Å². The van der Waals surface area contributed by atoms with Gasteiger partial charge >= 0.3 is 5.97 Å². The summed E-state index contributed by atoms with van der Waals surface area (Å²) in [5.41, 5.74) is 0.656. The molecule has 0 aliphatic heterocycles. The van der Waals surface area contributed by atoms with Crippen LogP contribution in [0.15, 0.2) is 23.6 Å². The third kappa shape index (κ3) is 3.12. The average Bonchev–Trinajstić information content (AvgIpc) is 2.80. The van der Waals surface area contributed by atoms with Gasteiger partial charge in [-0.1, -0.05) is 13.0 Å². The Kier molecular flexibility index (Phi) is 4.52. The summed E-state index contributed by atoms with van der Waals surface area (Å²) in [6, 6.07) is 5.33. The predicted octanol–water partition coefficient (Wildman–Crippen LogP) is 2.63. The van der Waals surface area contributed by atoms with Gasteiger partial charge in [-0.3, -0.25) is 4.79 Å². The van der Waals surface area contributed by atoms with Gasteiger partial charge in [0, 0.05) is 21.9 Å². The van der Waals surface area contributed by atoms with E-state index >= 15 is 0 Å². The lowest BCUT2D eigenvalue weighted by molar-refractivity contribution is -0.134. The Morgan fingerprint density at radius 1 is 1.47 bits per heavy atom. The van der Waals surface area contributed by atoms with Gasteiger partial charge in [0.2, 0.25) is 0 Å². The normalized spacial score (nSPS) is 12.6. The van der Waals surface area contributed by atoms with Crippen LogP contribution in [0.4, 0.5) is 0 Å². The van der Waals surface area contributed by atoms with Crippen LogP contribution in [-0.4, -0.2) is 22.8 Å². The van der Waals surface area contributed by atoms with Crippen molar-refractivity contribution in [3.63, 3.8) is 0 Å². The second-order valence-corrected chi connectivity index (χ2v) is 5.19. The van der Waals surface area contributed by atoms with E-state index in [2.05, 4.69) is 0 Å². The van der Waals surface area contributed by atoms with Crippen molar-refractivity contribution in [2.45, 2.75) is 25.9 Å². The summed E-state index contributed by atoms with van der Waals surface area (Å²) in [5, 5.41) is 21.1. The Bertz CT molecular complexity index is 576. The van der Waals surface area contributed by atoms with E-state index < -0.39 is 6.10 Å². The van der Waals surface area contributed by atoms with Gasteiger partial charge in [-0.05, 0) is 24.1 Å². The largest absolute Gasteiger partial charge is 0.425 e. The Morgan fingerprint density at radius 2 is 2.26 bits per heavy atom. The zero-order chi connectivity index (χ0) is 13.8. The molecule has 0 radical (unpaired) electrons. The van der Waals surface area contributed by atoms with Gasteiger partial charge < -0.3 is 14.9 Å². The van der Waals surface area contributed by atoms with Crippen molar-refractivity contribution < 1.29 is 19.7 Å². The molecule has 2 N–H and O–H groups in total. The van der Waals surface area contributed by atoms with Crippen LogP contribution in [-0.2, 0) is 4.79 Å². The van der Waals surface area contributed by atoms with Gasteiger partial charge in [0.05, 0.1) is 6.61 Å². The maximum absolute atomic E-state index is 11.5. The highest BCUT2D eigenvalue weighted by molar-refractivity contribution is 7.17. The van der Waals surface area contributed by atoms with Crippen molar-refractivity contribution in [1.29, 1.82) is 0 Å². The summed E-state index contributed by atoms with van der Waals surface area (Å²) in [6.45, 7) is 1.62. The van der Waals surface area contributed by atoms with Gasteiger partial charge in [0.15, 0.2) is 0 Å². The lowest BCUT2D eigenvalue weighted by atomic mass is 10.1. The average molecular weight is 280 g/mol. The van der Waals surface area contributed by atoms with Crippen molar-refractivity contribution in [3.05, 3.63) is 29.1 Å². The van der Waals surface area contributed by atoms with E-state index in [4.69, 9.17) is 9.84 Å². The highest BCUT2D eigenvalue weighted by Crippen LogP contribution is 2.34. The summed E-state index contributed by atoms with van der Waals surface area (Å²) in [6.07, 6.45) is 0.282. The zero-order valence-corrected chi connectivity index (χ0v) is 11.4. The number of thiophene rings is 1. The lowest BCUT2D eigenvalue weighted by Gasteiger charge is -2.07. The van der Waals surface area contributed by atoms with Crippen LogP contribution >= 0.6 is 11.3 Å². The Balaban J connectivity index is 2.26. The third-order valence-electron chi connectivity index (χ3n) is 2.80. The SMILES string of the molecule is CCCC(=O)Oc1csc2cc(C(O)CO)ccc12. The molecule has 1 heterocycles. The number of hydrogen-bond acceptors (Lipinski definition) is 5. The topological polar surface area (TPSA) is 66.8 Å². The maximum Gasteiger partial charge on any atom is 0.311 e. The van der Waals surface area contributed by atoms with E-state index in [9.17, 15) is 9.90 Å². The number of aliphatic hydroxyl groups is 2. The molecule has 5 heteroatoms. The van der Waals surface area contributed by atoms with Gasteiger partial charge in [-0.25, -0.2) is 0 Å². The predicted molar refractivity (Wildman–Crippen MR) is 74.4 cm³/mol. The van der Waals surface area contributed by atoms with Crippen LogP contribution in [0.5, 0.6) is 5.75 Å². The Hall–Kier alpha value is -1.43. The Labute approximate surface area is 115 Å². The molecular weight excluding hydrogens is 264 g/mol. The fraction of sp³-hybridized carbons (Fsp3) is 0.357. The molecule has 0 fully saturated rings. The minimum absolute atomic E-state index is 0.235. The molecule has 0 saturated heterocycles. The molecular formula is C14H16O4S. The van der Waals surface area contributed by atoms with Gasteiger partial charge in [-0.15, -0.1) is 11.3 Å². The molecule has 1 aromatic carbocycles. The molecule has 19 heavy (non-hydrogen) atoms. The van der Waals surface area contributed by atoms with Gasteiger partial charge in [0.25, 0.3) is 0 Å². The van der Waals surface area contributed by atoms with Crippen LogP contribution in [0, 0.1) is 0 Å². The summed E-state index contributed by atoms with van der Waals surface area (Å²) < 4.78 is 6.21. The molecule has 0 bridgehead atoms. The molecule has 0 aliphatic carbocycles. The fourth-order valence-corrected chi connectivity index (χ4v) is 2.70. The zero-order valence-electron chi connectivity index (χ0n) is 10.6.